The van der Waals surface area contributed by atoms with Gasteiger partial charge in [-0.1, -0.05) is 12.1 Å². The molecule has 0 aliphatic carbocycles. The van der Waals surface area contributed by atoms with Gasteiger partial charge in [0.05, 0.1) is 5.69 Å². The molecule has 1 unspecified atom stereocenters. The Bertz CT molecular complexity index is 949. The SMILES string of the molecule is Cc1ccc(C)c(-n2nc(-c3ccncc3)nc2CC2CN(C)CCN2C)c1. The van der Waals surface area contributed by atoms with E-state index in [1.165, 1.54) is 11.1 Å². The minimum atomic E-state index is 0.428. The second-order valence-corrected chi connectivity index (χ2v) is 7.89. The van der Waals surface area contributed by atoms with E-state index in [9.17, 15) is 0 Å². The summed E-state index contributed by atoms with van der Waals surface area (Å²) in [6, 6.07) is 10.9. The third-order valence-corrected chi connectivity index (χ3v) is 5.60. The maximum absolute atomic E-state index is 4.96. The Morgan fingerprint density at radius 2 is 1.82 bits per heavy atom. The smallest absolute Gasteiger partial charge is 0.181 e. The van der Waals surface area contributed by atoms with E-state index in [1.54, 1.807) is 12.4 Å². The van der Waals surface area contributed by atoms with Crippen molar-refractivity contribution in [2.75, 3.05) is 33.7 Å². The summed E-state index contributed by atoms with van der Waals surface area (Å²) in [6.07, 6.45) is 4.45. The zero-order valence-electron chi connectivity index (χ0n) is 17.1. The fourth-order valence-electron chi connectivity index (χ4n) is 3.77. The van der Waals surface area contributed by atoms with Crippen molar-refractivity contribution in [1.82, 2.24) is 29.5 Å². The average Bonchev–Trinajstić information content (AvgIpc) is 3.11. The molecule has 2 aromatic heterocycles. The van der Waals surface area contributed by atoms with Crippen molar-refractivity contribution >= 4 is 0 Å². The van der Waals surface area contributed by atoms with Crippen molar-refractivity contribution in [2.45, 2.75) is 26.3 Å². The lowest BCUT2D eigenvalue weighted by molar-refractivity contribution is 0.113. The summed E-state index contributed by atoms with van der Waals surface area (Å²) < 4.78 is 2.04. The predicted octanol–water partition coefficient (Wildman–Crippen LogP) is 2.73. The summed E-state index contributed by atoms with van der Waals surface area (Å²) in [5.74, 6) is 1.76. The maximum Gasteiger partial charge on any atom is 0.181 e. The molecule has 1 aliphatic rings. The monoisotopic (exact) mass is 376 g/mol. The minimum Gasteiger partial charge on any atom is -0.304 e. The fourth-order valence-corrected chi connectivity index (χ4v) is 3.77. The van der Waals surface area contributed by atoms with Crippen LogP contribution in [0.2, 0.25) is 0 Å². The number of aryl methyl sites for hydroxylation is 2. The first-order valence-corrected chi connectivity index (χ1v) is 9.84. The second kappa shape index (κ2) is 7.81. The molecule has 1 aromatic carbocycles. The molecule has 1 atom stereocenters. The van der Waals surface area contributed by atoms with Crippen LogP contribution in [0.5, 0.6) is 0 Å². The first-order chi connectivity index (χ1) is 13.5. The van der Waals surface area contributed by atoms with Crippen molar-refractivity contribution in [1.29, 1.82) is 0 Å². The van der Waals surface area contributed by atoms with Crippen LogP contribution < -0.4 is 0 Å². The minimum absolute atomic E-state index is 0.428. The van der Waals surface area contributed by atoms with Crippen LogP contribution in [0.4, 0.5) is 0 Å². The van der Waals surface area contributed by atoms with Crippen LogP contribution in [0, 0.1) is 13.8 Å². The third-order valence-electron chi connectivity index (χ3n) is 5.60. The Morgan fingerprint density at radius 1 is 1.04 bits per heavy atom. The number of hydrogen-bond acceptors (Lipinski definition) is 5. The highest BCUT2D eigenvalue weighted by atomic mass is 15.4. The van der Waals surface area contributed by atoms with Crippen LogP contribution >= 0.6 is 0 Å². The first-order valence-electron chi connectivity index (χ1n) is 9.84. The van der Waals surface area contributed by atoms with E-state index in [0.717, 1.165) is 49.0 Å². The molecule has 1 aliphatic heterocycles. The van der Waals surface area contributed by atoms with Crippen molar-refractivity contribution in [3.05, 3.63) is 59.7 Å². The van der Waals surface area contributed by atoms with Crippen LogP contribution in [0.1, 0.15) is 17.0 Å². The number of likely N-dealkylation sites (N-methyl/N-ethyl adjacent to an activating group) is 2. The predicted molar refractivity (Wildman–Crippen MR) is 112 cm³/mol. The highest BCUT2D eigenvalue weighted by molar-refractivity contribution is 5.54. The van der Waals surface area contributed by atoms with Gasteiger partial charge in [-0.15, -0.1) is 5.10 Å². The molecule has 0 amide bonds. The molecular weight excluding hydrogens is 348 g/mol. The van der Waals surface area contributed by atoms with Crippen LogP contribution in [-0.2, 0) is 6.42 Å². The highest BCUT2D eigenvalue weighted by Crippen LogP contribution is 2.23. The molecule has 28 heavy (non-hydrogen) atoms. The van der Waals surface area contributed by atoms with Gasteiger partial charge in [-0.3, -0.25) is 4.98 Å². The van der Waals surface area contributed by atoms with Crippen LogP contribution in [0.25, 0.3) is 17.1 Å². The Balaban J connectivity index is 1.77. The molecule has 1 saturated heterocycles. The zero-order chi connectivity index (χ0) is 19.7. The number of aromatic nitrogens is 4. The van der Waals surface area contributed by atoms with Gasteiger partial charge >= 0.3 is 0 Å². The largest absolute Gasteiger partial charge is 0.304 e. The topological polar surface area (TPSA) is 50.1 Å². The van der Waals surface area contributed by atoms with E-state index in [-0.39, 0.29) is 0 Å². The summed E-state index contributed by atoms with van der Waals surface area (Å²) in [7, 11) is 4.40. The maximum atomic E-state index is 4.96. The van der Waals surface area contributed by atoms with Crippen molar-refractivity contribution in [3.63, 3.8) is 0 Å². The molecule has 3 heterocycles. The summed E-state index contributed by atoms with van der Waals surface area (Å²) in [4.78, 5) is 13.9. The molecule has 1 fully saturated rings. The Morgan fingerprint density at radius 3 is 2.61 bits per heavy atom. The van der Waals surface area contributed by atoms with Gasteiger partial charge in [0, 0.05) is 50.1 Å². The van der Waals surface area contributed by atoms with Gasteiger partial charge in [0.25, 0.3) is 0 Å². The van der Waals surface area contributed by atoms with Gasteiger partial charge in [-0.2, -0.15) is 0 Å². The number of benzene rings is 1. The van der Waals surface area contributed by atoms with Crippen molar-refractivity contribution < 1.29 is 0 Å². The Labute approximate surface area is 166 Å². The lowest BCUT2D eigenvalue weighted by atomic mass is 10.1. The number of rotatable bonds is 4. The highest BCUT2D eigenvalue weighted by Gasteiger charge is 2.25. The number of hydrogen-bond donors (Lipinski definition) is 0. The van der Waals surface area contributed by atoms with Gasteiger partial charge < -0.3 is 9.80 Å². The quantitative estimate of drug-likeness (QED) is 0.701. The van der Waals surface area contributed by atoms with Gasteiger partial charge in [0.1, 0.15) is 5.82 Å². The van der Waals surface area contributed by atoms with E-state index < -0.39 is 0 Å². The lowest BCUT2D eigenvalue weighted by Gasteiger charge is -2.37. The first kappa shape index (κ1) is 18.8. The standard InChI is InChI=1S/C22H28N6/c1-16-5-6-17(2)20(13-16)28-21(14-19-15-26(3)11-12-27(19)4)24-22(25-28)18-7-9-23-10-8-18/h5-10,13,19H,11-12,14-15H2,1-4H3. The Hall–Kier alpha value is -2.57. The van der Waals surface area contributed by atoms with Gasteiger partial charge in [-0.25, -0.2) is 9.67 Å². The number of piperazine rings is 1. The molecule has 3 aromatic rings. The van der Waals surface area contributed by atoms with E-state index in [0.29, 0.717) is 6.04 Å². The normalized spacial score (nSPS) is 18.5. The van der Waals surface area contributed by atoms with Gasteiger partial charge in [0.15, 0.2) is 5.82 Å². The van der Waals surface area contributed by atoms with E-state index in [2.05, 4.69) is 60.9 Å². The molecule has 6 heteroatoms. The number of nitrogens with zero attached hydrogens (tertiary/aromatic N) is 6. The molecule has 0 saturated carbocycles. The average molecular weight is 377 g/mol. The molecule has 0 spiro atoms. The van der Waals surface area contributed by atoms with E-state index in [4.69, 9.17) is 10.1 Å². The molecular formula is C22H28N6. The van der Waals surface area contributed by atoms with E-state index in [1.807, 2.05) is 16.8 Å². The third kappa shape index (κ3) is 3.84. The van der Waals surface area contributed by atoms with Crippen LogP contribution in [0.15, 0.2) is 42.7 Å². The van der Waals surface area contributed by atoms with E-state index >= 15 is 0 Å². The molecule has 4 rings (SSSR count). The number of pyridine rings is 1. The summed E-state index contributed by atoms with van der Waals surface area (Å²) >= 11 is 0. The zero-order valence-corrected chi connectivity index (χ0v) is 17.1. The lowest BCUT2D eigenvalue weighted by Crippen LogP contribution is -2.51. The molecule has 6 nitrogen and oxygen atoms in total. The van der Waals surface area contributed by atoms with Crippen LogP contribution in [0.3, 0.4) is 0 Å². The van der Waals surface area contributed by atoms with Crippen molar-refractivity contribution in [3.8, 4) is 17.1 Å². The summed E-state index contributed by atoms with van der Waals surface area (Å²) in [5.41, 5.74) is 4.53. The van der Waals surface area contributed by atoms with Crippen molar-refractivity contribution in [2.24, 2.45) is 0 Å². The molecule has 146 valence electrons. The Kier molecular flexibility index (Phi) is 5.24. The fraction of sp³-hybridized carbons (Fsp3) is 0.409. The summed E-state index contributed by atoms with van der Waals surface area (Å²) in [6.45, 7) is 7.48. The van der Waals surface area contributed by atoms with Gasteiger partial charge in [-0.05, 0) is 57.3 Å². The second-order valence-electron chi connectivity index (χ2n) is 7.89. The molecule has 0 bridgehead atoms. The molecule has 0 radical (unpaired) electrons. The van der Waals surface area contributed by atoms with Crippen LogP contribution in [-0.4, -0.2) is 69.3 Å². The molecule has 0 N–H and O–H groups in total. The summed E-state index contributed by atoms with van der Waals surface area (Å²) in [5, 5.41) is 4.91. The van der Waals surface area contributed by atoms with Gasteiger partial charge in [0.2, 0.25) is 0 Å².